The lowest BCUT2D eigenvalue weighted by atomic mass is 10.1. The Balaban J connectivity index is 2.05. The zero-order chi connectivity index (χ0) is 12.3. The van der Waals surface area contributed by atoms with Gasteiger partial charge in [-0.1, -0.05) is 0 Å². The monoisotopic (exact) mass is 236 g/mol. The van der Waals surface area contributed by atoms with E-state index in [0.717, 1.165) is 12.8 Å². The number of pyridine rings is 1. The Kier molecular flexibility index (Phi) is 3.58. The Hall–Kier alpha value is -1.62. The molecule has 1 aromatic heterocycles. The highest BCUT2D eigenvalue weighted by atomic mass is 16.3. The number of amides is 1. The Labute approximate surface area is 99.7 Å². The van der Waals surface area contributed by atoms with Crippen LogP contribution < -0.4 is 0 Å². The molecule has 2 N–H and O–H groups in total. The highest BCUT2D eigenvalue weighted by molar-refractivity contribution is 5.96. The summed E-state index contributed by atoms with van der Waals surface area (Å²) in [4.78, 5) is 17.6. The largest absolute Gasteiger partial charge is 0.505 e. The normalized spacial score (nSPS) is 19.6. The molecule has 0 aromatic carbocycles. The average Bonchev–Trinajstić information content (AvgIpc) is 2.78. The zero-order valence-corrected chi connectivity index (χ0v) is 9.54. The summed E-state index contributed by atoms with van der Waals surface area (Å²) in [6.45, 7) is 1.50. The third-order valence-corrected chi connectivity index (χ3v) is 3.14. The minimum atomic E-state index is -0.162. The molecule has 1 amide bonds. The van der Waals surface area contributed by atoms with Crippen molar-refractivity contribution < 1.29 is 15.0 Å². The van der Waals surface area contributed by atoms with Gasteiger partial charge in [-0.2, -0.15) is 0 Å². The molecule has 1 unspecified atom stereocenters. The summed E-state index contributed by atoms with van der Waals surface area (Å²) in [7, 11) is 0. The van der Waals surface area contributed by atoms with Crippen LogP contribution in [-0.4, -0.2) is 45.7 Å². The summed E-state index contributed by atoms with van der Waals surface area (Å²) in [5.74, 6) is 0.126. The van der Waals surface area contributed by atoms with Gasteiger partial charge < -0.3 is 15.1 Å². The highest BCUT2D eigenvalue weighted by Crippen LogP contribution is 2.23. The van der Waals surface area contributed by atoms with Crippen LogP contribution in [0.25, 0.3) is 0 Å². The van der Waals surface area contributed by atoms with Crippen LogP contribution in [-0.2, 0) is 0 Å². The van der Waals surface area contributed by atoms with Gasteiger partial charge in [-0.05, 0) is 24.8 Å². The number of nitrogens with zero attached hydrogens (tertiary/aromatic N) is 2. The minimum Gasteiger partial charge on any atom is -0.505 e. The number of aromatic nitrogens is 1. The molecule has 5 heteroatoms. The van der Waals surface area contributed by atoms with Crippen LogP contribution >= 0.6 is 0 Å². The number of hydrogen-bond acceptors (Lipinski definition) is 4. The van der Waals surface area contributed by atoms with Gasteiger partial charge in [0.2, 0.25) is 0 Å². The fourth-order valence-electron chi connectivity index (χ4n) is 2.17. The van der Waals surface area contributed by atoms with E-state index in [9.17, 15) is 9.90 Å². The molecule has 1 aromatic rings. The number of rotatable bonds is 3. The lowest BCUT2D eigenvalue weighted by Gasteiger charge is -2.16. The molecule has 2 heterocycles. The molecule has 17 heavy (non-hydrogen) atoms. The van der Waals surface area contributed by atoms with Gasteiger partial charge in [-0.25, -0.2) is 0 Å². The van der Waals surface area contributed by atoms with Crippen molar-refractivity contribution >= 4 is 5.91 Å². The molecule has 1 aliphatic heterocycles. The van der Waals surface area contributed by atoms with E-state index < -0.39 is 0 Å². The smallest absolute Gasteiger partial charge is 0.257 e. The van der Waals surface area contributed by atoms with Crippen molar-refractivity contribution in [2.75, 3.05) is 19.7 Å². The van der Waals surface area contributed by atoms with Crippen LogP contribution in [0.2, 0.25) is 0 Å². The average molecular weight is 236 g/mol. The topological polar surface area (TPSA) is 73.7 Å². The van der Waals surface area contributed by atoms with E-state index in [2.05, 4.69) is 4.98 Å². The second kappa shape index (κ2) is 5.14. The number of likely N-dealkylation sites (tertiary alicyclic amines) is 1. The third kappa shape index (κ3) is 2.55. The fraction of sp³-hybridized carbons (Fsp3) is 0.500. The van der Waals surface area contributed by atoms with Crippen LogP contribution in [0.5, 0.6) is 5.75 Å². The van der Waals surface area contributed by atoms with E-state index in [1.807, 2.05) is 0 Å². The molecule has 0 radical (unpaired) electrons. The minimum absolute atomic E-state index is 0.0805. The van der Waals surface area contributed by atoms with Crippen molar-refractivity contribution in [1.82, 2.24) is 9.88 Å². The molecule has 1 atom stereocenters. The molecule has 0 bridgehead atoms. The molecular weight excluding hydrogens is 220 g/mol. The second-order valence-electron chi connectivity index (χ2n) is 4.31. The maximum absolute atomic E-state index is 12.1. The molecule has 0 aliphatic carbocycles. The van der Waals surface area contributed by atoms with Crippen molar-refractivity contribution in [2.24, 2.45) is 5.92 Å². The number of hydrogen-bond donors (Lipinski definition) is 2. The van der Waals surface area contributed by atoms with Crippen LogP contribution in [0.15, 0.2) is 18.5 Å². The molecule has 0 spiro atoms. The van der Waals surface area contributed by atoms with Crippen LogP contribution in [0.3, 0.4) is 0 Å². The number of aromatic hydroxyl groups is 1. The highest BCUT2D eigenvalue weighted by Gasteiger charge is 2.27. The van der Waals surface area contributed by atoms with Gasteiger partial charge in [0.05, 0.1) is 11.8 Å². The van der Waals surface area contributed by atoms with Gasteiger partial charge in [0.15, 0.2) is 0 Å². The van der Waals surface area contributed by atoms with Gasteiger partial charge in [0, 0.05) is 25.9 Å². The van der Waals surface area contributed by atoms with Gasteiger partial charge in [0.1, 0.15) is 5.75 Å². The van der Waals surface area contributed by atoms with E-state index in [1.165, 1.54) is 18.5 Å². The SMILES string of the molecule is O=C(c1ccncc1O)N1CCC(CCO)C1. The first-order valence-electron chi connectivity index (χ1n) is 5.75. The summed E-state index contributed by atoms with van der Waals surface area (Å²) in [5, 5.41) is 18.4. The van der Waals surface area contributed by atoms with E-state index in [1.54, 1.807) is 4.90 Å². The molecule has 0 saturated carbocycles. The summed E-state index contributed by atoms with van der Waals surface area (Å²) in [5.41, 5.74) is 0.296. The molecular formula is C12H16N2O3. The molecule has 1 aliphatic rings. The lowest BCUT2D eigenvalue weighted by Crippen LogP contribution is -2.28. The van der Waals surface area contributed by atoms with E-state index >= 15 is 0 Å². The zero-order valence-electron chi connectivity index (χ0n) is 9.54. The maximum atomic E-state index is 12.1. The van der Waals surface area contributed by atoms with Crippen molar-refractivity contribution in [3.8, 4) is 5.75 Å². The van der Waals surface area contributed by atoms with Gasteiger partial charge in [0.25, 0.3) is 5.91 Å². The quantitative estimate of drug-likeness (QED) is 0.807. The summed E-state index contributed by atoms with van der Waals surface area (Å²) in [6, 6.07) is 1.52. The maximum Gasteiger partial charge on any atom is 0.257 e. The first-order chi connectivity index (χ1) is 8.22. The van der Waals surface area contributed by atoms with Gasteiger partial charge >= 0.3 is 0 Å². The Morgan fingerprint density at radius 3 is 3.12 bits per heavy atom. The summed E-state index contributed by atoms with van der Waals surface area (Å²) < 4.78 is 0. The number of carbonyl (C=O) groups is 1. The van der Waals surface area contributed by atoms with E-state index in [-0.39, 0.29) is 18.3 Å². The molecule has 2 rings (SSSR count). The van der Waals surface area contributed by atoms with Crippen LogP contribution in [0, 0.1) is 5.92 Å². The third-order valence-electron chi connectivity index (χ3n) is 3.14. The Morgan fingerprint density at radius 1 is 1.59 bits per heavy atom. The number of aliphatic hydroxyl groups is 1. The molecule has 1 saturated heterocycles. The van der Waals surface area contributed by atoms with Crippen molar-refractivity contribution in [3.63, 3.8) is 0 Å². The molecule has 92 valence electrons. The molecule has 5 nitrogen and oxygen atoms in total. The van der Waals surface area contributed by atoms with Gasteiger partial charge in [-0.15, -0.1) is 0 Å². The van der Waals surface area contributed by atoms with Crippen LogP contribution in [0.4, 0.5) is 0 Å². The predicted molar refractivity (Wildman–Crippen MR) is 61.6 cm³/mol. The van der Waals surface area contributed by atoms with Crippen LogP contribution in [0.1, 0.15) is 23.2 Å². The van der Waals surface area contributed by atoms with Crippen molar-refractivity contribution in [1.29, 1.82) is 0 Å². The first-order valence-corrected chi connectivity index (χ1v) is 5.75. The molecule has 1 fully saturated rings. The lowest BCUT2D eigenvalue weighted by molar-refractivity contribution is 0.0781. The fourth-order valence-corrected chi connectivity index (χ4v) is 2.17. The standard InChI is InChI=1S/C12H16N2O3/c15-6-3-9-2-5-14(8-9)12(17)10-1-4-13-7-11(10)16/h1,4,7,9,15-16H,2-3,5-6,8H2. The van der Waals surface area contributed by atoms with E-state index in [0.29, 0.717) is 24.6 Å². The predicted octanol–water partition coefficient (Wildman–Crippen LogP) is 0.632. The number of carbonyl (C=O) groups excluding carboxylic acids is 1. The van der Waals surface area contributed by atoms with Crippen molar-refractivity contribution in [2.45, 2.75) is 12.8 Å². The summed E-state index contributed by atoms with van der Waals surface area (Å²) >= 11 is 0. The Morgan fingerprint density at radius 2 is 2.41 bits per heavy atom. The van der Waals surface area contributed by atoms with Gasteiger partial charge in [-0.3, -0.25) is 9.78 Å². The first kappa shape index (κ1) is 11.9. The Bertz CT molecular complexity index is 408. The van der Waals surface area contributed by atoms with E-state index in [4.69, 9.17) is 5.11 Å². The number of aliphatic hydroxyl groups excluding tert-OH is 1. The second-order valence-corrected chi connectivity index (χ2v) is 4.31. The summed E-state index contributed by atoms with van der Waals surface area (Å²) in [6.07, 6.45) is 4.41. The van der Waals surface area contributed by atoms with Crippen molar-refractivity contribution in [3.05, 3.63) is 24.0 Å².